The minimum atomic E-state index is -3.68. The third kappa shape index (κ3) is 4.55. The Labute approximate surface area is 125 Å². The topological polar surface area (TPSA) is 99.8 Å². The second kappa shape index (κ2) is 7.58. The van der Waals surface area contributed by atoms with E-state index in [1.807, 2.05) is 6.92 Å². The highest BCUT2D eigenvalue weighted by Crippen LogP contribution is 2.17. The quantitative estimate of drug-likeness (QED) is 0.734. The number of furan rings is 1. The second-order valence-corrected chi connectivity index (χ2v) is 6.99. The number of nitrogens with one attached hydrogen (secondary N) is 1. The largest absolute Gasteiger partial charge is 0.438 e. The summed E-state index contributed by atoms with van der Waals surface area (Å²) in [5.74, 6) is -0.334. The SMILES string of the molecule is CCC(CCO)CNC(=O)c1ccc(S(=O)(=O)N(C)C)o1. The number of carbonyl (C=O) groups excluding carboxylic acids is 1. The highest BCUT2D eigenvalue weighted by molar-refractivity contribution is 7.88. The van der Waals surface area contributed by atoms with Crippen LogP contribution in [0.25, 0.3) is 0 Å². The number of aliphatic hydroxyl groups excluding tert-OH is 1. The molecule has 120 valence electrons. The summed E-state index contributed by atoms with van der Waals surface area (Å²) in [6, 6.07) is 2.59. The molecule has 0 aliphatic rings. The first-order chi connectivity index (χ1) is 9.82. The third-order valence-electron chi connectivity index (χ3n) is 3.21. The molecule has 21 heavy (non-hydrogen) atoms. The van der Waals surface area contributed by atoms with E-state index in [0.29, 0.717) is 13.0 Å². The van der Waals surface area contributed by atoms with Gasteiger partial charge in [-0.15, -0.1) is 0 Å². The van der Waals surface area contributed by atoms with Gasteiger partial charge in [-0.25, -0.2) is 12.7 Å². The summed E-state index contributed by atoms with van der Waals surface area (Å²) in [6.07, 6.45) is 1.44. The summed E-state index contributed by atoms with van der Waals surface area (Å²) >= 11 is 0. The van der Waals surface area contributed by atoms with Crippen molar-refractivity contribution in [2.24, 2.45) is 5.92 Å². The summed E-state index contributed by atoms with van der Waals surface area (Å²) in [7, 11) is -0.906. The number of aliphatic hydroxyl groups is 1. The summed E-state index contributed by atoms with van der Waals surface area (Å²) in [5, 5.41) is 11.3. The molecular formula is C13H22N2O5S. The van der Waals surface area contributed by atoms with Crippen molar-refractivity contribution in [3.8, 4) is 0 Å². The van der Waals surface area contributed by atoms with Crippen molar-refractivity contribution in [2.45, 2.75) is 24.9 Å². The van der Waals surface area contributed by atoms with Crippen LogP contribution in [-0.2, 0) is 10.0 Å². The lowest BCUT2D eigenvalue weighted by Crippen LogP contribution is -2.29. The van der Waals surface area contributed by atoms with E-state index in [1.54, 1.807) is 0 Å². The first kappa shape index (κ1) is 17.7. The molecule has 0 aromatic carbocycles. The van der Waals surface area contributed by atoms with Crippen molar-refractivity contribution in [1.29, 1.82) is 0 Å². The molecule has 1 amide bonds. The van der Waals surface area contributed by atoms with Crippen molar-refractivity contribution < 1.29 is 22.7 Å². The number of carbonyl (C=O) groups is 1. The lowest BCUT2D eigenvalue weighted by Gasteiger charge is -2.13. The van der Waals surface area contributed by atoms with Crippen LogP contribution in [-0.4, -0.2) is 51.0 Å². The molecule has 0 spiro atoms. The maximum Gasteiger partial charge on any atom is 0.287 e. The Bertz CT molecular complexity index is 565. The number of rotatable bonds is 8. The maximum absolute atomic E-state index is 11.9. The Morgan fingerprint density at radius 2 is 2.10 bits per heavy atom. The normalized spacial score (nSPS) is 13.4. The predicted molar refractivity (Wildman–Crippen MR) is 77.4 cm³/mol. The van der Waals surface area contributed by atoms with Gasteiger partial charge in [0.1, 0.15) is 0 Å². The summed E-state index contributed by atoms with van der Waals surface area (Å²) in [5.41, 5.74) is 0. The second-order valence-electron chi connectivity index (χ2n) is 4.90. The molecule has 2 N–H and O–H groups in total. The van der Waals surface area contributed by atoms with Crippen molar-refractivity contribution in [3.05, 3.63) is 17.9 Å². The molecule has 0 saturated heterocycles. The van der Waals surface area contributed by atoms with E-state index >= 15 is 0 Å². The molecule has 1 aromatic heterocycles. The highest BCUT2D eigenvalue weighted by atomic mass is 32.2. The van der Waals surface area contributed by atoms with Gasteiger partial charge in [-0.3, -0.25) is 4.79 Å². The molecule has 0 saturated carbocycles. The van der Waals surface area contributed by atoms with Crippen LogP contribution >= 0.6 is 0 Å². The van der Waals surface area contributed by atoms with Crippen LogP contribution in [0.1, 0.15) is 30.3 Å². The Hall–Kier alpha value is -1.38. The lowest BCUT2D eigenvalue weighted by molar-refractivity contribution is 0.0910. The smallest absolute Gasteiger partial charge is 0.287 e. The zero-order chi connectivity index (χ0) is 16.0. The molecular weight excluding hydrogens is 296 g/mol. The van der Waals surface area contributed by atoms with Gasteiger partial charge in [0.05, 0.1) is 0 Å². The summed E-state index contributed by atoms with van der Waals surface area (Å²) < 4.78 is 29.8. The van der Waals surface area contributed by atoms with E-state index in [0.717, 1.165) is 10.7 Å². The Morgan fingerprint density at radius 3 is 2.62 bits per heavy atom. The number of hydrogen-bond acceptors (Lipinski definition) is 5. The van der Waals surface area contributed by atoms with Gasteiger partial charge < -0.3 is 14.8 Å². The molecule has 0 aliphatic heterocycles. The van der Waals surface area contributed by atoms with E-state index in [2.05, 4.69) is 5.32 Å². The predicted octanol–water partition coefficient (Wildman–Crippen LogP) is 0.668. The van der Waals surface area contributed by atoms with Gasteiger partial charge in [0, 0.05) is 27.2 Å². The van der Waals surface area contributed by atoms with Gasteiger partial charge in [-0.2, -0.15) is 0 Å². The fourth-order valence-electron chi connectivity index (χ4n) is 1.72. The van der Waals surface area contributed by atoms with Gasteiger partial charge in [0.2, 0.25) is 5.09 Å². The first-order valence-electron chi connectivity index (χ1n) is 6.74. The average molecular weight is 318 g/mol. The third-order valence-corrected chi connectivity index (χ3v) is 4.90. The van der Waals surface area contributed by atoms with Crippen molar-refractivity contribution in [3.63, 3.8) is 0 Å². The summed E-state index contributed by atoms with van der Waals surface area (Å²) in [6.45, 7) is 2.45. The zero-order valence-corrected chi connectivity index (χ0v) is 13.3. The van der Waals surface area contributed by atoms with Crippen molar-refractivity contribution in [1.82, 2.24) is 9.62 Å². The highest BCUT2D eigenvalue weighted by Gasteiger charge is 2.23. The molecule has 0 aliphatic carbocycles. The van der Waals surface area contributed by atoms with Crippen molar-refractivity contribution in [2.75, 3.05) is 27.2 Å². The van der Waals surface area contributed by atoms with Crippen LogP contribution in [0.2, 0.25) is 0 Å². The van der Waals surface area contributed by atoms with E-state index in [-0.39, 0.29) is 23.4 Å². The molecule has 0 radical (unpaired) electrons. The molecule has 1 heterocycles. The van der Waals surface area contributed by atoms with Crippen LogP contribution < -0.4 is 5.32 Å². The minimum Gasteiger partial charge on any atom is -0.438 e. The maximum atomic E-state index is 11.9. The fourth-order valence-corrected chi connectivity index (χ4v) is 2.51. The van der Waals surface area contributed by atoms with Gasteiger partial charge in [0.25, 0.3) is 15.9 Å². The van der Waals surface area contributed by atoms with E-state index in [4.69, 9.17) is 9.52 Å². The molecule has 7 nitrogen and oxygen atoms in total. The number of sulfonamides is 1. The van der Waals surface area contributed by atoms with Gasteiger partial charge >= 0.3 is 0 Å². The minimum absolute atomic E-state index is 0.0470. The van der Waals surface area contributed by atoms with E-state index in [9.17, 15) is 13.2 Å². The fraction of sp³-hybridized carbons (Fsp3) is 0.615. The first-order valence-corrected chi connectivity index (χ1v) is 8.18. The summed E-state index contributed by atoms with van der Waals surface area (Å²) in [4.78, 5) is 11.9. The van der Waals surface area contributed by atoms with Gasteiger partial charge in [-0.05, 0) is 24.5 Å². The molecule has 1 aromatic rings. The van der Waals surface area contributed by atoms with Gasteiger partial charge in [0.15, 0.2) is 5.76 Å². The number of nitrogens with zero attached hydrogens (tertiary/aromatic N) is 1. The van der Waals surface area contributed by atoms with Crippen LogP contribution in [0.15, 0.2) is 21.6 Å². The molecule has 1 rings (SSSR count). The monoisotopic (exact) mass is 318 g/mol. The average Bonchev–Trinajstić information content (AvgIpc) is 2.93. The Morgan fingerprint density at radius 1 is 1.43 bits per heavy atom. The van der Waals surface area contributed by atoms with Gasteiger partial charge in [-0.1, -0.05) is 13.3 Å². The van der Waals surface area contributed by atoms with Crippen LogP contribution in [0.3, 0.4) is 0 Å². The molecule has 0 bridgehead atoms. The van der Waals surface area contributed by atoms with Crippen molar-refractivity contribution >= 4 is 15.9 Å². The molecule has 1 atom stereocenters. The standard InChI is InChI=1S/C13H22N2O5S/c1-4-10(7-8-16)9-14-13(17)11-5-6-12(20-11)21(18,19)15(2)3/h5-6,10,16H,4,7-9H2,1-3H3,(H,14,17). The van der Waals surface area contributed by atoms with E-state index in [1.165, 1.54) is 26.2 Å². The molecule has 8 heteroatoms. The zero-order valence-electron chi connectivity index (χ0n) is 12.5. The number of hydrogen-bond donors (Lipinski definition) is 2. The van der Waals surface area contributed by atoms with E-state index < -0.39 is 15.9 Å². The van der Waals surface area contributed by atoms with Crippen LogP contribution in [0.4, 0.5) is 0 Å². The Kier molecular flexibility index (Phi) is 6.38. The Balaban J connectivity index is 2.71. The molecule has 1 unspecified atom stereocenters. The van der Waals surface area contributed by atoms with Crippen LogP contribution in [0, 0.1) is 5.92 Å². The lowest BCUT2D eigenvalue weighted by atomic mass is 10.0. The number of amides is 1. The van der Waals surface area contributed by atoms with Crippen LogP contribution in [0.5, 0.6) is 0 Å². The molecule has 0 fully saturated rings.